The SMILES string of the molecule is Cc1ccc(Cl)cc1NC(=S)Nc1nn(Cc2ccccc2Cl)cc1Cl. The van der Waals surface area contributed by atoms with Crippen molar-refractivity contribution < 1.29 is 0 Å². The number of aryl methyl sites for hydroxylation is 1. The topological polar surface area (TPSA) is 41.9 Å². The average Bonchev–Trinajstić information content (AvgIpc) is 2.92. The van der Waals surface area contributed by atoms with Gasteiger partial charge in [-0.15, -0.1) is 0 Å². The minimum absolute atomic E-state index is 0.375. The highest BCUT2D eigenvalue weighted by Crippen LogP contribution is 2.23. The summed E-state index contributed by atoms with van der Waals surface area (Å²) in [6.45, 7) is 2.47. The molecular weight excluding hydrogens is 411 g/mol. The molecule has 0 radical (unpaired) electrons. The van der Waals surface area contributed by atoms with E-state index >= 15 is 0 Å². The predicted octanol–water partition coefficient (Wildman–Crippen LogP) is 6.01. The summed E-state index contributed by atoms with van der Waals surface area (Å²) in [4.78, 5) is 0. The molecule has 0 aliphatic heterocycles. The fourth-order valence-electron chi connectivity index (χ4n) is 2.35. The van der Waals surface area contributed by atoms with Gasteiger partial charge in [-0.1, -0.05) is 59.1 Å². The molecule has 0 aliphatic carbocycles. The number of thiocarbonyl (C=S) groups is 1. The Morgan fingerprint density at radius 2 is 1.85 bits per heavy atom. The fourth-order valence-corrected chi connectivity index (χ4v) is 3.13. The molecule has 1 aromatic heterocycles. The van der Waals surface area contributed by atoms with Gasteiger partial charge in [-0.3, -0.25) is 4.68 Å². The maximum absolute atomic E-state index is 6.27. The zero-order valence-electron chi connectivity index (χ0n) is 13.8. The molecule has 0 bridgehead atoms. The summed E-state index contributed by atoms with van der Waals surface area (Å²) in [6, 6.07) is 13.1. The highest BCUT2D eigenvalue weighted by atomic mass is 35.5. The Hall–Kier alpha value is -1.79. The molecule has 2 aromatic carbocycles. The molecule has 26 heavy (non-hydrogen) atoms. The van der Waals surface area contributed by atoms with Gasteiger partial charge in [0, 0.05) is 21.9 Å². The predicted molar refractivity (Wildman–Crippen MR) is 114 cm³/mol. The van der Waals surface area contributed by atoms with Crippen molar-refractivity contribution in [2.24, 2.45) is 0 Å². The van der Waals surface area contributed by atoms with Gasteiger partial charge in [0.2, 0.25) is 0 Å². The van der Waals surface area contributed by atoms with Gasteiger partial charge in [-0.2, -0.15) is 5.10 Å². The second kappa shape index (κ2) is 8.27. The third kappa shape index (κ3) is 4.68. The summed E-state index contributed by atoms with van der Waals surface area (Å²) in [7, 11) is 0. The van der Waals surface area contributed by atoms with Gasteiger partial charge in [0.1, 0.15) is 5.02 Å². The molecule has 0 aliphatic rings. The largest absolute Gasteiger partial charge is 0.332 e. The number of nitrogens with zero attached hydrogens (tertiary/aromatic N) is 2. The Morgan fingerprint density at radius 3 is 2.62 bits per heavy atom. The van der Waals surface area contributed by atoms with Crippen LogP contribution in [0.2, 0.25) is 15.1 Å². The van der Waals surface area contributed by atoms with Crippen LogP contribution in [0.3, 0.4) is 0 Å². The number of anilines is 2. The minimum atomic E-state index is 0.375. The van der Waals surface area contributed by atoms with Crippen LogP contribution in [0.5, 0.6) is 0 Å². The van der Waals surface area contributed by atoms with Gasteiger partial charge < -0.3 is 10.6 Å². The molecule has 0 spiro atoms. The number of aromatic nitrogens is 2. The van der Waals surface area contributed by atoms with Crippen LogP contribution >= 0.6 is 47.0 Å². The summed E-state index contributed by atoms with van der Waals surface area (Å²) in [5.74, 6) is 0.468. The lowest BCUT2D eigenvalue weighted by Gasteiger charge is -2.11. The number of hydrogen-bond acceptors (Lipinski definition) is 2. The third-order valence-electron chi connectivity index (χ3n) is 3.69. The third-order valence-corrected chi connectivity index (χ3v) is 4.77. The number of halogens is 3. The summed E-state index contributed by atoms with van der Waals surface area (Å²) < 4.78 is 1.71. The Bertz CT molecular complexity index is 955. The Kier molecular flexibility index (Phi) is 6.04. The molecule has 4 nitrogen and oxygen atoms in total. The first-order valence-corrected chi connectivity index (χ1v) is 9.27. The zero-order chi connectivity index (χ0) is 18.7. The van der Waals surface area contributed by atoms with Crippen LogP contribution in [0.1, 0.15) is 11.1 Å². The van der Waals surface area contributed by atoms with E-state index in [1.54, 1.807) is 10.9 Å². The molecule has 134 valence electrons. The first kappa shape index (κ1) is 19.0. The second-order valence-corrected chi connectivity index (χ2v) is 7.31. The van der Waals surface area contributed by atoms with Gasteiger partial charge >= 0.3 is 0 Å². The number of nitrogens with one attached hydrogen (secondary N) is 2. The van der Waals surface area contributed by atoms with Crippen molar-refractivity contribution in [3.63, 3.8) is 0 Å². The Labute approximate surface area is 172 Å². The smallest absolute Gasteiger partial charge is 0.176 e. The molecule has 3 rings (SSSR count). The van der Waals surface area contributed by atoms with Crippen molar-refractivity contribution in [2.75, 3.05) is 10.6 Å². The normalized spacial score (nSPS) is 10.6. The molecular formula is C18H15Cl3N4S. The maximum Gasteiger partial charge on any atom is 0.176 e. The average molecular weight is 426 g/mol. The molecule has 0 amide bonds. The molecule has 0 fully saturated rings. The molecule has 3 aromatic rings. The van der Waals surface area contributed by atoms with E-state index in [0.717, 1.165) is 16.8 Å². The van der Waals surface area contributed by atoms with Gasteiger partial charge in [-0.25, -0.2) is 0 Å². The van der Waals surface area contributed by atoms with E-state index in [1.165, 1.54) is 0 Å². The van der Waals surface area contributed by atoms with E-state index in [9.17, 15) is 0 Å². The van der Waals surface area contributed by atoms with Crippen LogP contribution in [0.25, 0.3) is 0 Å². The summed E-state index contributed by atoms with van der Waals surface area (Å²) in [5.41, 5.74) is 2.80. The fraction of sp³-hybridized carbons (Fsp3) is 0.111. The van der Waals surface area contributed by atoms with E-state index < -0.39 is 0 Å². The van der Waals surface area contributed by atoms with Crippen LogP contribution in [-0.4, -0.2) is 14.9 Å². The molecule has 1 heterocycles. The maximum atomic E-state index is 6.27. The van der Waals surface area contributed by atoms with Crippen molar-refractivity contribution in [1.29, 1.82) is 0 Å². The Morgan fingerprint density at radius 1 is 1.08 bits per heavy atom. The van der Waals surface area contributed by atoms with Crippen LogP contribution in [0.15, 0.2) is 48.7 Å². The molecule has 0 saturated heterocycles. The highest BCUT2D eigenvalue weighted by Gasteiger charge is 2.11. The lowest BCUT2D eigenvalue weighted by atomic mass is 10.2. The van der Waals surface area contributed by atoms with E-state index in [4.69, 9.17) is 47.0 Å². The standard InChI is InChI=1S/C18H15Cl3N4S/c1-11-6-7-13(19)8-16(11)22-18(26)23-17-15(21)10-25(24-17)9-12-4-2-3-5-14(12)20/h2-8,10H,9H2,1H3,(H2,22,23,24,26). The molecule has 2 N–H and O–H groups in total. The van der Waals surface area contributed by atoms with Crippen LogP contribution < -0.4 is 10.6 Å². The first-order chi connectivity index (χ1) is 12.4. The van der Waals surface area contributed by atoms with E-state index in [2.05, 4.69) is 15.7 Å². The minimum Gasteiger partial charge on any atom is -0.332 e. The van der Waals surface area contributed by atoms with E-state index in [0.29, 0.717) is 32.5 Å². The van der Waals surface area contributed by atoms with Gasteiger partial charge in [0.25, 0.3) is 0 Å². The van der Waals surface area contributed by atoms with E-state index in [-0.39, 0.29) is 0 Å². The summed E-state index contributed by atoms with van der Waals surface area (Å²) in [5, 5.41) is 12.7. The monoisotopic (exact) mass is 424 g/mol. The Balaban J connectivity index is 1.70. The number of hydrogen-bond donors (Lipinski definition) is 2. The number of rotatable bonds is 4. The van der Waals surface area contributed by atoms with Crippen molar-refractivity contribution in [3.8, 4) is 0 Å². The van der Waals surface area contributed by atoms with Crippen molar-refractivity contribution in [2.45, 2.75) is 13.5 Å². The lowest BCUT2D eigenvalue weighted by molar-refractivity contribution is 0.690. The highest BCUT2D eigenvalue weighted by molar-refractivity contribution is 7.80. The van der Waals surface area contributed by atoms with Gasteiger partial charge in [0.15, 0.2) is 10.9 Å². The van der Waals surface area contributed by atoms with Crippen LogP contribution in [-0.2, 0) is 6.54 Å². The first-order valence-electron chi connectivity index (χ1n) is 7.73. The van der Waals surface area contributed by atoms with Crippen LogP contribution in [0.4, 0.5) is 11.5 Å². The summed E-state index contributed by atoms with van der Waals surface area (Å²) >= 11 is 23.8. The van der Waals surface area contributed by atoms with E-state index in [1.807, 2.05) is 49.4 Å². The quantitative estimate of drug-likeness (QED) is 0.502. The van der Waals surface area contributed by atoms with Crippen molar-refractivity contribution in [3.05, 3.63) is 74.9 Å². The van der Waals surface area contributed by atoms with Crippen LogP contribution in [0, 0.1) is 6.92 Å². The number of benzene rings is 2. The molecule has 0 saturated carbocycles. The van der Waals surface area contributed by atoms with Crippen molar-refractivity contribution >= 4 is 63.6 Å². The van der Waals surface area contributed by atoms with Gasteiger partial charge in [0.05, 0.1) is 6.54 Å². The van der Waals surface area contributed by atoms with Crippen molar-refractivity contribution in [1.82, 2.24) is 9.78 Å². The molecule has 0 atom stereocenters. The second-order valence-electron chi connectivity index (χ2n) is 5.65. The van der Waals surface area contributed by atoms with Gasteiger partial charge in [-0.05, 0) is 48.5 Å². The lowest BCUT2D eigenvalue weighted by Crippen LogP contribution is -2.20. The summed E-state index contributed by atoms with van der Waals surface area (Å²) in [6.07, 6.45) is 1.72. The molecule has 0 unspecified atom stereocenters. The zero-order valence-corrected chi connectivity index (χ0v) is 16.8. The molecule has 8 heteroatoms.